The molecule has 0 aromatic heterocycles. The van der Waals surface area contributed by atoms with Gasteiger partial charge in [-0.25, -0.2) is 0 Å². The van der Waals surface area contributed by atoms with Gasteiger partial charge in [-0.2, -0.15) is 5.26 Å². The molecule has 0 unspecified atom stereocenters. The van der Waals surface area contributed by atoms with Gasteiger partial charge in [0.15, 0.2) is 11.5 Å². The Hall–Kier alpha value is -2.03. The fourth-order valence-corrected chi connectivity index (χ4v) is 5.59. The smallest absolute Gasteiger partial charge is 0.165 e. The van der Waals surface area contributed by atoms with Crippen LogP contribution in [0.5, 0.6) is 11.5 Å². The molecule has 1 fully saturated rings. The molecular formula is C21H26N2O3. The number of aliphatic hydroxyl groups is 1. The molecule has 1 aromatic rings. The van der Waals surface area contributed by atoms with E-state index >= 15 is 0 Å². The van der Waals surface area contributed by atoms with Crippen molar-refractivity contribution in [1.82, 2.24) is 4.90 Å². The summed E-state index contributed by atoms with van der Waals surface area (Å²) in [4.78, 5) is 2.39. The molecule has 5 nitrogen and oxygen atoms in total. The van der Waals surface area contributed by atoms with Crippen molar-refractivity contribution in [1.29, 1.82) is 5.26 Å². The monoisotopic (exact) mass is 354 g/mol. The quantitative estimate of drug-likeness (QED) is 0.904. The number of hydrogen-bond acceptors (Lipinski definition) is 5. The van der Waals surface area contributed by atoms with Crippen LogP contribution in [0.2, 0.25) is 0 Å². The number of fused-ring (bicyclic) bond motifs is 1. The van der Waals surface area contributed by atoms with Crippen LogP contribution in [-0.2, 0) is 11.8 Å². The predicted octanol–water partition coefficient (Wildman–Crippen LogP) is 2.57. The fourth-order valence-electron chi connectivity index (χ4n) is 5.59. The number of nitrogens with zero attached hydrogens (tertiary/aromatic N) is 2. The number of nitriles is 1. The van der Waals surface area contributed by atoms with Crippen molar-refractivity contribution in [3.05, 3.63) is 34.9 Å². The first-order chi connectivity index (χ1) is 12.5. The zero-order chi connectivity index (χ0) is 18.5. The second-order valence-corrected chi connectivity index (χ2v) is 7.61. The summed E-state index contributed by atoms with van der Waals surface area (Å²) >= 11 is 0. The van der Waals surface area contributed by atoms with Crippen molar-refractivity contribution in [2.45, 2.75) is 49.7 Å². The number of likely N-dealkylation sites (tertiary alicyclic amines) is 1. The third kappa shape index (κ3) is 2.03. The molecule has 26 heavy (non-hydrogen) atoms. The second-order valence-electron chi connectivity index (χ2n) is 7.61. The van der Waals surface area contributed by atoms with Gasteiger partial charge in [-0.15, -0.1) is 0 Å². The van der Waals surface area contributed by atoms with Crippen LogP contribution < -0.4 is 9.47 Å². The van der Waals surface area contributed by atoms with Gasteiger partial charge in [0, 0.05) is 17.2 Å². The third-order valence-electron chi connectivity index (χ3n) is 6.80. The van der Waals surface area contributed by atoms with Gasteiger partial charge in [-0.1, -0.05) is 19.1 Å². The van der Waals surface area contributed by atoms with Crippen LogP contribution in [0.25, 0.3) is 0 Å². The number of likely N-dealkylation sites (N-methyl/N-ethyl adjacent to an activating group) is 1. The van der Waals surface area contributed by atoms with E-state index in [4.69, 9.17) is 9.47 Å². The Morgan fingerprint density at radius 1 is 1.31 bits per heavy atom. The maximum Gasteiger partial charge on any atom is 0.165 e. The molecule has 0 amide bonds. The number of benzene rings is 1. The first-order valence-corrected chi connectivity index (χ1v) is 9.37. The minimum Gasteiger partial charge on any atom is -0.493 e. The summed E-state index contributed by atoms with van der Waals surface area (Å²) < 4.78 is 11.3. The Morgan fingerprint density at radius 2 is 2.12 bits per heavy atom. The zero-order valence-corrected chi connectivity index (χ0v) is 15.7. The van der Waals surface area contributed by atoms with E-state index in [1.165, 1.54) is 5.56 Å². The van der Waals surface area contributed by atoms with E-state index in [2.05, 4.69) is 24.0 Å². The maximum atomic E-state index is 12.0. The lowest BCUT2D eigenvalue weighted by molar-refractivity contribution is -0.138. The number of allylic oxidation sites excluding steroid dienone is 1. The molecule has 1 heterocycles. The summed E-state index contributed by atoms with van der Waals surface area (Å²) in [5.41, 5.74) is 1.47. The highest BCUT2D eigenvalue weighted by molar-refractivity contribution is 5.62. The molecule has 1 aromatic carbocycles. The van der Waals surface area contributed by atoms with E-state index < -0.39 is 11.0 Å². The largest absolute Gasteiger partial charge is 0.493 e. The fraction of sp³-hybridized carbons (Fsp3) is 0.571. The highest BCUT2D eigenvalue weighted by Gasteiger charge is 2.63. The highest BCUT2D eigenvalue weighted by atomic mass is 16.5. The molecule has 5 heteroatoms. The lowest BCUT2D eigenvalue weighted by Crippen LogP contribution is -2.71. The van der Waals surface area contributed by atoms with Gasteiger partial charge in [-0.05, 0) is 50.4 Å². The van der Waals surface area contributed by atoms with Crippen molar-refractivity contribution in [3.8, 4) is 17.6 Å². The van der Waals surface area contributed by atoms with Gasteiger partial charge in [0.1, 0.15) is 0 Å². The van der Waals surface area contributed by atoms with Gasteiger partial charge in [0.2, 0.25) is 0 Å². The van der Waals surface area contributed by atoms with Gasteiger partial charge >= 0.3 is 0 Å². The number of methoxy groups -OCH3 is 2. The molecule has 3 aliphatic rings. The van der Waals surface area contributed by atoms with E-state index in [9.17, 15) is 10.4 Å². The molecule has 0 radical (unpaired) electrons. The first kappa shape index (κ1) is 17.4. The summed E-state index contributed by atoms with van der Waals surface area (Å²) in [7, 11) is 3.29. The molecule has 0 spiro atoms. The van der Waals surface area contributed by atoms with Crippen LogP contribution in [0.4, 0.5) is 0 Å². The van der Waals surface area contributed by atoms with E-state index in [0.717, 1.165) is 37.1 Å². The van der Waals surface area contributed by atoms with Crippen molar-refractivity contribution >= 4 is 0 Å². The standard InChI is InChI=1S/C21H26N2O3/c1-4-23-10-9-20-12-14(13-22)7-8-21(20,24)17(23)11-15-5-6-16(25-2)19(26-3)18(15)20/h5-6,12,17,24H,4,7-11H2,1-3H3/t17-,20-,21-/m1/s1. The lowest BCUT2D eigenvalue weighted by atomic mass is 9.50. The van der Waals surface area contributed by atoms with Crippen molar-refractivity contribution in [3.63, 3.8) is 0 Å². The average molecular weight is 354 g/mol. The van der Waals surface area contributed by atoms with Crippen LogP contribution in [0.1, 0.15) is 37.3 Å². The van der Waals surface area contributed by atoms with Gasteiger partial charge in [0.05, 0.1) is 31.3 Å². The summed E-state index contributed by atoms with van der Waals surface area (Å²) in [6, 6.07) is 6.44. The van der Waals surface area contributed by atoms with Crippen LogP contribution in [0.15, 0.2) is 23.8 Å². The summed E-state index contributed by atoms with van der Waals surface area (Å²) in [5.74, 6) is 1.37. The Morgan fingerprint density at radius 3 is 2.77 bits per heavy atom. The van der Waals surface area contributed by atoms with Gasteiger partial charge < -0.3 is 14.6 Å². The molecule has 1 saturated heterocycles. The maximum absolute atomic E-state index is 12.0. The number of hydrogen-bond donors (Lipinski definition) is 1. The van der Waals surface area contributed by atoms with E-state index in [-0.39, 0.29) is 6.04 Å². The van der Waals surface area contributed by atoms with E-state index in [0.29, 0.717) is 24.3 Å². The molecule has 0 saturated carbocycles. The van der Waals surface area contributed by atoms with Gasteiger partial charge in [0.25, 0.3) is 0 Å². The Kier molecular flexibility index (Phi) is 4.02. The van der Waals surface area contributed by atoms with Crippen molar-refractivity contribution in [2.75, 3.05) is 27.3 Å². The van der Waals surface area contributed by atoms with E-state index in [1.807, 2.05) is 12.1 Å². The zero-order valence-electron chi connectivity index (χ0n) is 15.7. The number of piperidine rings is 1. The lowest BCUT2D eigenvalue weighted by Gasteiger charge is -2.62. The van der Waals surface area contributed by atoms with Crippen LogP contribution in [0.3, 0.4) is 0 Å². The predicted molar refractivity (Wildman–Crippen MR) is 98.5 cm³/mol. The molecule has 3 atom stereocenters. The van der Waals surface area contributed by atoms with Crippen LogP contribution in [0, 0.1) is 11.3 Å². The normalized spacial score (nSPS) is 32.7. The minimum absolute atomic E-state index is 0.0587. The number of ether oxygens (including phenoxy) is 2. The molecule has 138 valence electrons. The number of rotatable bonds is 3. The second kappa shape index (κ2) is 6.00. The molecule has 2 aliphatic carbocycles. The minimum atomic E-state index is -0.895. The summed E-state index contributed by atoms with van der Waals surface area (Å²) in [5, 5.41) is 21.6. The first-order valence-electron chi connectivity index (χ1n) is 9.37. The topological polar surface area (TPSA) is 65.7 Å². The Labute approximate surface area is 154 Å². The SMILES string of the molecule is CCN1CC[C@]23C=C(C#N)CC[C@@]2(O)[C@H]1Cc1ccc(OC)c(OC)c13. The summed E-state index contributed by atoms with van der Waals surface area (Å²) in [6.07, 6.45) is 4.83. The molecule has 1 N–H and O–H groups in total. The third-order valence-corrected chi connectivity index (χ3v) is 6.80. The highest BCUT2D eigenvalue weighted by Crippen LogP contribution is 2.60. The van der Waals surface area contributed by atoms with Crippen LogP contribution >= 0.6 is 0 Å². The Balaban J connectivity index is 2.05. The molecule has 1 aliphatic heterocycles. The van der Waals surface area contributed by atoms with E-state index in [1.54, 1.807) is 14.2 Å². The Bertz CT molecular complexity index is 812. The van der Waals surface area contributed by atoms with Crippen molar-refractivity contribution in [2.24, 2.45) is 0 Å². The van der Waals surface area contributed by atoms with Crippen LogP contribution in [-0.4, -0.2) is 49.0 Å². The van der Waals surface area contributed by atoms with Crippen molar-refractivity contribution < 1.29 is 14.6 Å². The molecular weight excluding hydrogens is 328 g/mol. The molecule has 4 rings (SSSR count). The summed E-state index contributed by atoms with van der Waals surface area (Å²) in [6.45, 7) is 3.97. The average Bonchev–Trinajstić information content (AvgIpc) is 2.66. The van der Waals surface area contributed by atoms with Gasteiger partial charge in [-0.3, -0.25) is 4.90 Å². The molecule has 2 bridgehead atoms.